The van der Waals surface area contributed by atoms with Gasteiger partial charge in [0.2, 0.25) is 5.88 Å². The van der Waals surface area contributed by atoms with Gasteiger partial charge in [-0.2, -0.15) is 0 Å². The molecule has 0 aliphatic rings. The van der Waals surface area contributed by atoms with Crippen molar-refractivity contribution in [3.8, 4) is 5.88 Å². The third-order valence-corrected chi connectivity index (χ3v) is 2.14. The first-order valence-electron chi connectivity index (χ1n) is 6.00. The molecule has 1 aromatic heterocycles. The SMILES string of the molecule is CCCNCc1cncc(OCCCOC)n1. The summed E-state index contributed by atoms with van der Waals surface area (Å²) in [4.78, 5) is 8.46. The second-order valence-corrected chi connectivity index (χ2v) is 3.72. The van der Waals surface area contributed by atoms with Gasteiger partial charge in [-0.25, -0.2) is 4.98 Å². The van der Waals surface area contributed by atoms with Crippen molar-refractivity contribution in [2.75, 3.05) is 26.9 Å². The predicted molar refractivity (Wildman–Crippen MR) is 66.0 cm³/mol. The first-order valence-corrected chi connectivity index (χ1v) is 6.00. The third kappa shape index (κ3) is 6.19. The Morgan fingerprint density at radius 1 is 1.29 bits per heavy atom. The summed E-state index contributed by atoms with van der Waals surface area (Å²) in [6, 6.07) is 0. The van der Waals surface area contributed by atoms with Gasteiger partial charge < -0.3 is 14.8 Å². The van der Waals surface area contributed by atoms with Gasteiger partial charge >= 0.3 is 0 Å². The Hall–Kier alpha value is -1.20. The highest BCUT2D eigenvalue weighted by atomic mass is 16.5. The molecular weight excluding hydrogens is 218 g/mol. The van der Waals surface area contributed by atoms with Crippen molar-refractivity contribution in [3.63, 3.8) is 0 Å². The summed E-state index contributed by atoms with van der Waals surface area (Å²) in [5.74, 6) is 0.580. The third-order valence-electron chi connectivity index (χ3n) is 2.14. The zero-order chi connectivity index (χ0) is 12.3. The van der Waals surface area contributed by atoms with Crippen molar-refractivity contribution in [1.82, 2.24) is 15.3 Å². The fourth-order valence-corrected chi connectivity index (χ4v) is 1.31. The Bertz CT molecular complexity index is 308. The molecule has 5 heteroatoms. The Labute approximate surface area is 103 Å². The fourth-order valence-electron chi connectivity index (χ4n) is 1.31. The lowest BCUT2D eigenvalue weighted by atomic mass is 10.4. The molecule has 0 fully saturated rings. The first-order chi connectivity index (χ1) is 8.36. The summed E-state index contributed by atoms with van der Waals surface area (Å²) in [6.45, 7) is 5.16. The van der Waals surface area contributed by atoms with Crippen LogP contribution in [0.1, 0.15) is 25.5 Å². The van der Waals surface area contributed by atoms with Crippen molar-refractivity contribution < 1.29 is 9.47 Å². The fraction of sp³-hybridized carbons (Fsp3) is 0.667. The van der Waals surface area contributed by atoms with Crippen molar-refractivity contribution in [1.29, 1.82) is 0 Å². The van der Waals surface area contributed by atoms with Gasteiger partial charge in [-0.3, -0.25) is 4.98 Å². The molecule has 1 heterocycles. The van der Waals surface area contributed by atoms with E-state index in [1.807, 2.05) is 0 Å². The Morgan fingerprint density at radius 3 is 2.94 bits per heavy atom. The summed E-state index contributed by atoms with van der Waals surface area (Å²) in [6.07, 6.45) is 5.36. The maximum atomic E-state index is 5.47. The van der Waals surface area contributed by atoms with E-state index in [0.29, 0.717) is 19.1 Å². The number of methoxy groups -OCH3 is 1. The largest absolute Gasteiger partial charge is 0.476 e. The van der Waals surface area contributed by atoms with Crippen LogP contribution in [0.4, 0.5) is 0 Å². The van der Waals surface area contributed by atoms with Crippen LogP contribution in [0.5, 0.6) is 5.88 Å². The topological polar surface area (TPSA) is 56.3 Å². The smallest absolute Gasteiger partial charge is 0.232 e. The van der Waals surface area contributed by atoms with Crippen molar-refractivity contribution in [2.24, 2.45) is 0 Å². The number of ether oxygens (including phenoxy) is 2. The van der Waals surface area contributed by atoms with Crippen LogP contribution < -0.4 is 10.1 Å². The quantitative estimate of drug-likeness (QED) is 0.660. The van der Waals surface area contributed by atoms with Gasteiger partial charge in [-0.05, 0) is 13.0 Å². The molecule has 1 rings (SSSR count). The molecule has 5 nitrogen and oxygen atoms in total. The number of nitrogens with zero attached hydrogens (tertiary/aromatic N) is 2. The van der Waals surface area contributed by atoms with E-state index in [1.54, 1.807) is 19.5 Å². The van der Waals surface area contributed by atoms with Crippen LogP contribution in [-0.4, -0.2) is 36.8 Å². The van der Waals surface area contributed by atoms with E-state index in [0.717, 1.165) is 31.6 Å². The van der Waals surface area contributed by atoms with Crippen LogP contribution in [0.3, 0.4) is 0 Å². The van der Waals surface area contributed by atoms with Crippen LogP contribution in [0.2, 0.25) is 0 Å². The van der Waals surface area contributed by atoms with Crippen LogP contribution in [0, 0.1) is 0 Å². The van der Waals surface area contributed by atoms with Crippen molar-refractivity contribution in [2.45, 2.75) is 26.3 Å². The second-order valence-electron chi connectivity index (χ2n) is 3.72. The molecule has 0 unspecified atom stereocenters. The van der Waals surface area contributed by atoms with Gasteiger partial charge in [0.15, 0.2) is 0 Å². The monoisotopic (exact) mass is 239 g/mol. The van der Waals surface area contributed by atoms with E-state index in [2.05, 4.69) is 22.2 Å². The molecule has 96 valence electrons. The molecule has 1 N–H and O–H groups in total. The minimum Gasteiger partial charge on any atom is -0.476 e. The molecule has 0 spiro atoms. The highest BCUT2D eigenvalue weighted by Gasteiger charge is 1.99. The van der Waals surface area contributed by atoms with Gasteiger partial charge in [0.25, 0.3) is 0 Å². The average Bonchev–Trinajstić information content (AvgIpc) is 2.36. The van der Waals surface area contributed by atoms with Gasteiger partial charge in [0.1, 0.15) is 0 Å². The van der Waals surface area contributed by atoms with E-state index < -0.39 is 0 Å². The van der Waals surface area contributed by atoms with Crippen LogP contribution in [0.15, 0.2) is 12.4 Å². The normalized spacial score (nSPS) is 10.5. The van der Waals surface area contributed by atoms with E-state index in [1.165, 1.54) is 0 Å². The first kappa shape index (κ1) is 13.9. The molecule has 0 atom stereocenters. The molecule has 0 radical (unpaired) electrons. The highest BCUT2D eigenvalue weighted by molar-refractivity contribution is 5.08. The molecule has 0 saturated heterocycles. The maximum Gasteiger partial charge on any atom is 0.232 e. The molecular formula is C12H21N3O2. The average molecular weight is 239 g/mol. The standard InChI is InChI=1S/C12H21N3O2/c1-3-5-13-8-11-9-14-10-12(15-11)17-7-4-6-16-2/h9-10,13H,3-8H2,1-2H3. The minimum atomic E-state index is 0.580. The van der Waals surface area contributed by atoms with Gasteiger partial charge in [0, 0.05) is 32.9 Å². The molecule has 0 aliphatic carbocycles. The second kappa shape index (κ2) is 8.90. The van der Waals surface area contributed by atoms with Gasteiger partial charge in [-0.1, -0.05) is 6.92 Å². The number of hydrogen-bond donors (Lipinski definition) is 1. The van der Waals surface area contributed by atoms with Gasteiger partial charge in [0.05, 0.1) is 18.5 Å². The van der Waals surface area contributed by atoms with Crippen LogP contribution >= 0.6 is 0 Å². The minimum absolute atomic E-state index is 0.580. The summed E-state index contributed by atoms with van der Waals surface area (Å²) in [7, 11) is 1.68. The zero-order valence-corrected chi connectivity index (χ0v) is 10.6. The lowest BCUT2D eigenvalue weighted by Gasteiger charge is -2.06. The number of rotatable bonds is 9. The van der Waals surface area contributed by atoms with Crippen molar-refractivity contribution >= 4 is 0 Å². The van der Waals surface area contributed by atoms with Crippen LogP contribution in [0.25, 0.3) is 0 Å². The van der Waals surface area contributed by atoms with E-state index in [9.17, 15) is 0 Å². The molecule has 0 bridgehead atoms. The molecule has 0 aliphatic heterocycles. The highest BCUT2D eigenvalue weighted by Crippen LogP contribution is 2.05. The molecule has 0 aromatic carbocycles. The van der Waals surface area contributed by atoms with E-state index in [4.69, 9.17) is 9.47 Å². The molecule has 1 aromatic rings. The Morgan fingerprint density at radius 2 is 2.18 bits per heavy atom. The van der Waals surface area contributed by atoms with Crippen LogP contribution in [-0.2, 0) is 11.3 Å². The lowest BCUT2D eigenvalue weighted by molar-refractivity contribution is 0.170. The number of aromatic nitrogens is 2. The zero-order valence-electron chi connectivity index (χ0n) is 10.6. The van der Waals surface area contributed by atoms with Crippen molar-refractivity contribution in [3.05, 3.63) is 18.1 Å². The Balaban J connectivity index is 2.31. The molecule has 0 amide bonds. The summed E-state index contributed by atoms with van der Waals surface area (Å²) < 4.78 is 10.4. The predicted octanol–water partition coefficient (Wildman–Crippen LogP) is 1.39. The van der Waals surface area contributed by atoms with E-state index >= 15 is 0 Å². The number of hydrogen-bond acceptors (Lipinski definition) is 5. The molecule has 17 heavy (non-hydrogen) atoms. The van der Waals surface area contributed by atoms with E-state index in [-0.39, 0.29) is 0 Å². The van der Waals surface area contributed by atoms with Gasteiger partial charge in [-0.15, -0.1) is 0 Å². The summed E-state index contributed by atoms with van der Waals surface area (Å²) >= 11 is 0. The molecule has 0 saturated carbocycles. The summed E-state index contributed by atoms with van der Waals surface area (Å²) in [5, 5.41) is 3.28. The maximum absolute atomic E-state index is 5.47. The number of nitrogens with one attached hydrogen (secondary N) is 1. The lowest BCUT2D eigenvalue weighted by Crippen LogP contribution is -2.15. The Kier molecular flexibility index (Phi) is 7.25. The summed E-state index contributed by atoms with van der Waals surface area (Å²) in [5.41, 5.74) is 0.905.